The molecule has 1 aromatic rings. The summed E-state index contributed by atoms with van der Waals surface area (Å²) >= 11 is 0. The maximum atomic E-state index is 4.69. The topological polar surface area (TPSA) is 42.7 Å². The minimum Gasteiger partial charge on any atom is -0.314 e. The fraction of sp³-hybridized carbons (Fsp3) is 0.857. The molecule has 0 amide bonds. The molecule has 0 saturated heterocycles. The molecule has 0 aliphatic heterocycles. The molecule has 1 N–H and O–H groups in total. The highest BCUT2D eigenvalue weighted by molar-refractivity contribution is 5.01. The van der Waals surface area contributed by atoms with Crippen LogP contribution in [0, 0.1) is 23.7 Å². The molecule has 4 bridgehead atoms. The number of nitrogens with zero attached hydrogens (tertiary/aromatic N) is 3. The molecule has 4 aliphatic carbocycles. The summed E-state index contributed by atoms with van der Waals surface area (Å²) in [4.78, 5) is 2.06. The molecule has 18 heavy (non-hydrogen) atoms. The van der Waals surface area contributed by atoms with E-state index < -0.39 is 0 Å². The Hall–Kier alpha value is -0.900. The molecule has 4 nitrogen and oxygen atoms in total. The molecule has 1 aromatic heterocycles. The third-order valence-electron chi connectivity index (χ3n) is 5.36. The van der Waals surface area contributed by atoms with Crippen LogP contribution < -0.4 is 5.32 Å². The SMILES string of the molecule is CNCc1cnn(C2C3CC4CC(C3)CC2C4)n1. The predicted octanol–water partition coefficient (Wildman–Crippen LogP) is 1.99. The van der Waals surface area contributed by atoms with Gasteiger partial charge in [-0.15, -0.1) is 0 Å². The van der Waals surface area contributed by atoms with Gasteiger partial charge >= 0.3 is 0 Å². The largest absolute Gasteiger partial charge is 0.314 e. The van der Waals surface area contributed by atoms with E-state index in [4.69, 9.17) is 0 Å². The highest BCUT2D eigenvalue weighted by Gasteiger charge is 2.49. The molecule has 4 saturated carbocycles. The molecule has 5 rings (SSSR count). The molecule has 0 unspecified atom stereocenters. The Morgan fingerprint density at radius 2 is 1.83 bits per heavy atom. The Bertz CT molecular complexity index is 411. The first-order valence-corrected chi connectivity index (χ1v) is 7.38. The highest BCUT2D eigenvalue weighted by Crippen LogP contribution is 2.57. The zero-order valence-corrected chi connectivity index (χ0v) is 11.0. The third kappa shape index (κ3) is 1.62. The van der Waals surface area contributed by atoms with Crippen LogP contribution in [-0.2, 0) is 6.54 Å². The fourth-order valence-corrected chi connectivity index (χ4v) is 4.99. The lowest BCUT2D eigenvalue weighted by Crippen LogP contribution is -2.46. The van der Waals surface area contributed by atoms with E-state index in [1.54, 1.807) is 0 Å². The molecule has 0 radical (unpaired) electrons. The molecule has 1 heterocycles. The Morgan fingerprint density at radius 1 is 1.17 bits per heavy atom. The van der Waals surface area contributed by atoms with Crippen molar-refractivity contribution >= 4 is 0 Å². The van der Waals surface area contributed by atoms with Gasteiger partial charge in [0.25, 0.3) is 0 Å². The third-order valence-corrected chi connectivity index (χ3v) is 5.36. The van der Waals surface area contributed by atoms with Crippen LogP contribution in [0.3, 0.4) is 0 Å². The van der Waals surface area contributed by atoms with Crippen LogP contribution in [0.1, 0.15) is 43.8 Å². The normalized spacial score (nSPS) is 41.5. The maximum Gasteiger partial charge on any atom is 0.0964 e. The maximum absolute atomic E-state index is 4.69. The number of nitrogens with one attached hydrogen (secondary N) is 1. The number of hydrogen-bond donors (Lipinski definition) is 1. The summed E-state index contributed by atoms with van der Waals surface area (Å²) in [5.74, 6) is 3.76. The summed E-state index contributed by atoms with van der Waals surface area (Å²) in [5.41, 5.74) is 1.08. The summed E-state index contributed by atoms with van der Waals surface area (Å²) in [7, 11) is 1.96. The van der Waals surface area contributed by atoms with Gasteiger partial charge in [-0.05, 0) is 62.8 Å². The van der Waals surface area contributed by atoms with Crippen LogP contribution in [0.25, 0.3) is 0 Å². The first-order valence-electron chi connectivity index (χ1n) is 7.38. The van der Waals surface area contributed by atoms with Crippen molar-refractivity contribution in [2.45, 2.75) is 44.7 Å². The van der Waals surface area contributed by atoms with Gasteiger partial charge in [-0.1, -0.05) is 0 Å². The number of rotatable bonds is 3. The van der Waals surface area contributed by atoms with Gasteiger partial charge < -0.3 is 5.32 Å². The Balaban J connectivity index is 1.60. The van der Waals surface area contributed by atoms with Gasteiger partial charge in [-0.3, -0.25) is 0 Å². The first kappa shape index (κ1) is 11.0. The van der Waals surface area contributed by atoms with Crippen LogP contribution in [-0.4, -0.2) is 22.0 Å². The smallest absolute Gasteiger partial charge is 0.0964 e. The Kier molecular flexibility index (Phi) is 2.47. The molecule has 4 heteroatoms. The van der Waals surface area contributed by atoms with Crippen molar-refractivity contribution in [1.29, 1.82) is 0 Å². The molecule has 0 spiro atoms. The zero-order chi connectivity index (χ0) is 12.1. The van der Waals surface area contributed by atoms with Gasteiger partial charge in [0.2, 0.25) is 0 Å². The van der Waals surface area contributed by atoms with Crippen LogP contribution in [0.2, 0.25) is 0 Å². The van der Waals surface area contributed by atoms with E-state index in [2.05, 4.69) is 20.3 Å². The summed E-state index contributed by atoms with van der Waals surface area (Å²) in [6.07, 6.45) is 9.17. The second-order valence-electron chi connectivity index (χ2n) is 6.61. The van der Waals surface area contributed by atoms with Crippen molar-refractivity contribution in [2.75, 3.05) is 7.05 Å². The van der Waals surface area contributed by atoms with Crippen molar-refractivity contribution in [3.05, 3.63) is 11.9 Å². The monoisotopic (exact) mass is 246 g/mol. The summed E-state index contributed by atoms with van der Waals surface area (Å²) in [6.45, 7) is 0.827. The quantitative estimate of drug-likeness (QED) is 0.887. The second kappa shape index (κ2) is 4.05. The van der Waals surface area contributed by atoms with Crippen LogP contribution >= 0.6 is 0 Å². The van der Waals surface area contributed by atoms with E-state index >= 15 is 0 Å². The molecule has 98 valence electrons. The van der Waals surface area contributed by atoms with Crippen LogP contribution in [0.5, 0.6) is 0 Å². The summed E-state index contributed by atoms with van der Waals surface area (Å²) in [5, 5.41) is 12.4. The summed E-state index contributed by atoms with van der Waals surface area (Å²) < 4.78 is 0. The van der Waals surface area contributed by atoms with E-state index in [-0.39, 0.29) is 0 Å². The Morgan fingerprint density at radius 3 is 2.44 bits per heavy atom. The van der Waals surface area contributed by atoms with E-state index in [0.717, 1.165) is 35.9 Å². The lowest BCUT2D eigenvalue weighted by molar-refractivity contribution is -0.0390. The van der Waals surface area contributed by atoms with Gasteiger partial charge in [-0.25, -0.2) is 0 Å². The standard InChI is InChI=1S/C14H22N4/c1-15-7-13-8-16-18(17-13)14-11-3-9-2-10(5-11)6-12(14)4-9/h8-12,14-15H,2-7H2,1H3. The Labute approximate surface area is 108 Å². The summed E-state index contributed by atoms with van der Waals surface area (Å²) in [6, 6.07) is 0.600. The zero-order valence-electron chi connectivity index (χ0n) is 11.0. The lowest BCUT2D eigenvalue weighted by atomic mass is 9.54. The molecule has 0 aromatic carbocycles. The highest BCUT2D eigenvalue weighted by atomic mass is 15.5. The van der Waals surface area contributed by atoms with Crippen molar-refractivity contribution in [3.63, 3.8) is 0 Å². The average Bonchev–Trinajstić information content (AvgIpc) is 2.76. The predicted molar refractivity (Wildman–Crippen MR) is 68.9 cm³/mol. The lowest BCUT2D eigenvalue weighted by Gasteiger charge is -2.53. The molecular formula is C14H22N4. The van der Waals surface area contributed by atoms with Crippen LogP contribution in [0.15, 0.2) is 6.20 Å². The molecule has 0 atom stereocenters. The first-order chi connectivity index (χ1) is 8.83. The van der Waals surface area contributed by atoms with Crippen molar-refractivity contribution < 1.29 is 0 Å². The van der Waals surface area contributed by atoms with E-state index in [9.17, 15) is 0 Å². The van der Waals surface area contributed by atoms with Crippen molar-refractivity contribution in [2.24, 2.45) is 23.7 Å². The van der Waals surface area contributed by atoms with Gasteiger partial charge in [0.15, 0.2) is 0 Å². The van der Waals surface area contributed by atoms with E-state index in [1.807, 2.05) is 13.2 Å². The molecular weight excluding hydrogens is 224 g/mol. The van der Waals surface area contributed by atoms with Gasteiger partial charge in [0.05, 0.1) is 17.9 Å². The number of aromatic nitrogens is 3. The average molecular weight is 246 g/mol. The van der Waals surface area contributed by atoms with Crippen molar-refractivity contribution in [3.8, 4) is 0 Å². The number of hydrogen-bond acceptors (Lipinski definition) is 3. The minimum absolute atomic E-state index is 0.600. The van der Waals surface area contributed by atoms with Crippen LogP contribution in [0.4, 0.5) is 0 Å². The molecule has 4 fully saturated rings. The fourth-order valence-electron chi connectivity index (χ4n) is 4.99. The van der Waals surface area contributed by atoms with Gasteiger partial charge in [0, 0.05) is 6.54 Å². The molecule has 4 aliphatic rings. The van der Waals surface area contributed by atoms with Gasteiger partial charge in [0.1, 0.15) is 0 Å². The second-order valence-corrected chi connectivity index (χ2v) is 6.61. The van der Waals surface area contributed by atoms with E-state index in [0.29, 0.717) is 6.04 Å². The van der Waals surface area contributed by atoms with E-state index in [1.165, 1.54) is 32.1 Å². The van der Waals surface area contributed by atoms with Crippen molar-refractivity contribution in [1.82, 2.24) is 20.3 Å². The minimum atomic E-state index is 0.600. The van der Waals surface area contributed by atoms with Gasteiger partial charge in [-0.2, -0.15) is 15.0 Å².